The summed E-state index contributed by atoms with van der Waals surface area (Å²) in [6, 6.07) is 6.17. The van der Waals surface area contributed by atoms with Gasteiger partial charge in [-0.25, -0.2) is 4.98 Å². The molecule has 92 valence electrons. The number of aryl methyl sites for hydroxylation is 2. The van der Waals surface area contributed by atoms with E-state index in [1.54, 1.807) is 11.3 Å². The first kappa shape index (κ1) is 11.3. The van der Waals surface area contributed by atoms with Crippen LogP contribution in [0.15, 0.2) is 36.0 Å². The molecule has 0 unspecified atom stereocenters. The van der Waals surface area contributed by atoms with Crippen molar-refractivity contribution in [1.82, 2.24) is 9.38 Å². The smallest absolute Gasteiger partial charge is 0.193 e. The molecule has 0 amide bonds. The molecular formula is C14H14N2OS. The maximum absolute atomic E-state index is 5.88. The number of rotatable bonds is 3. The van der Waals surface area contributed by atoms with E-state index in [2.05, 4.69) is 31.0 Å². The van der Waals surface area contributed by atoms with Crippen LogP contribution in [0.4, 0.5) is 0 Å². The van der Waals surface area contributed by atoms with Gasteiger partial charge in [-0.2, -0.15) is 0 Å². The fourth-order valence-electron chi connectivity index (χ4n) is 2.02. The van der Waals surface area contributed by atoms with Crippen LogP contribution in [-0.4, -0.2) is 9.38 Å². The molecule has 0 bridgehead atoms. The fraction of sp³-hybridized carbons (Fsp3) is 0.214. The van der Waals surface area contributed by atoms with Crippen molar-refractivity contribution in [2.75, 3.05) is 0 Å². The van der Waals surface area contributed by atoms with Gasteiger partial charge < -0.3 is 4.74 Å². The van der Waals surface area contributed by atoms with Crippen molar-refractivity contribution in [3.05, 3.63) is 52.8 Å². The van der Waals surface area contributed by atoms with Crippen molar-refractivity contribution >= 4 is 16.3 Å². The Kier molecular flexibility index (Phi) is 2.80. The Labute approximate surface area is 110 Å². The van der Waals surface area contributed by atoms with Crippen LogP contribution in [0.2, 0.25) is 0 Å². The van der Waals surface area contributed by atoms with Crippen molar-refractivity contribution in [1.29, 1.82) is 0 Å². The molecule has 2 heterocycles. The highest BCUT2D eigenvalue weighted by molar-refractivity contribution is 7.15. The van der Waals surface area contributed by atoms with Gasteiger partial charge in [-0.1, -0.05) is 18.2 Å². The van der Waals surface area contributed by atoms with Crippen molar-refractivity contribution in [2.24, 2.45) is 0 Å². The van der Waals surface area contributed by atoms with E-state index < -0.39 is 0 Å². The zero-order valence-electron chi connectivity index (χ0n) is 10.4. The number of hydrogen-bond acceptors (Lipinski definition) is 3. The van der Waals surface area contributed by atoms with Crippen LogP contribution in [0.3, 0.4) is 0 Å². The minimum absolute atomic E-state index is 0.514. The molecule has 0 N–H and O–H groups in total. The molecule has 0 saturated heterocycles. The summed E-state index contributed by atoms with van der Waals surface area (Å²) in [5, 5.41) is 2.03. The van der Waals surface area contributed by atoms with E-state index in [4.69, 9.17) is 4.74 Å². The zero-order chi connectivity index (χ0) is 12.5. The molecule has 3 nitrogen and oxygen atoms in total. The summed E-state index contributed by atoms with van der Waals surface area (Å²) in [7, 11) is 0. The number of imidazole rings is 1. The molecule has 0 fully saturated rings. The van der Waals surface area contributed by atoms with Crippen molar-refractivity contribution in [2.45, 2.75) is 20.5 Å². The molecule has 1 aromatic carbocycles. The minimum atomic E-state index is 0.514. The van der Waals surface area contributed by atoms with Crippen LogP contribution >= 0.6 is 11.3 Å². The SMILES string of the molecule is Cc1cccc(C)c1OCc1cn2ccsc2n1. The number of thiazole rings is 1. The Morgan fingerprint density at radius 2 is 2.06 bits per heavy atom. The van der Waals surface area contributed by atoms with E-state index >= 15 is 0 Å². The highest BCUT2D eigenvalue weighted by Crippen LogP contribution is 2.23. The van der Waals surface area contributed by atoms with Crippen LogP contribution in [0.5, 0.6) is 5.75 Å². The summed E-state index contributed by atoms with van der Waals surface area (Å²) >= 11 is 1.63. The highest BCUT2D eigenvalue weighted by atomic mass is 32.1. The van der Waals surface area contributed by atoms with E-state index in [0.29, 0.717) is 6.61 Å². The fourth-order valence-corrected chi connectivity index (χ4v) is 2.74. The Balaban J connectivity index is 1.80. The number of para-hydroxylation sites is 1. The lowest BCUT2D eigenvalue weighted by Crippen LogP contribution is -1.99. The van der Waals surface area contributed by atoms with Gasteiger partial charge in [-0.15, -0.1) is 11.3 Å². The first-order valence-corrected chi connectivity index (χ1v) is 6.72. The molecule has 2 aromatic heterocycles. The zero-order valence-corrected chi connectivity index (χ0v) is 11.2. The quantitative estimate of drug-likeness (QED) is 0.717. The summed E-state index contributed by atoms with van der Waals surface area (Å²) in [5.74, 6) is 0.967. The monoisotopic (exact) mass is 258 g/mol. The van der Waals surface area contributed by atoms with Crippen LogP contribution in [0.1, 0.15) is 16.8 Å². The molecule has 0 aliphatic heterocycles. The van der Waals surface area contributed by atoms with Gasteiger partial charge in [0.25, 0.3) is 0 Å². The summed E-state index contributed by atoms with van der Waals surface area (Å²) in [6.45, 7) is 4.64. The van der Waals surface area contributed by atoms with E-state index in [-0.39, 0.29) is 0 Å². The lowest BCUT2D eigenvalue weighted by molar-refractivity contribution is 0.298. The highest BCUT2D eigenvalue weighted by Gasteiger charge is 2.06. The van der Waals surface area contributed by atoms with E-state index in [1.807, 2.05) is 28.2 Å². The maximum atomic E-state index is 5.88. The number of ether oxygens (including phenoxy) is 1. The Hall–Kier alpha value is -1.81. The first-order chi connectivity index (χ1) is 8.74. The summed E-state index contributed by atoms with van der Waals surface area (Å²) in [6.07, 6.45) is 4.02. The van der Waals surface area contributed by atoms with Gasteiger partial charge >= 0.3 is 0 Å². The van der Waals surface area contributed by atoms with E-state index in [1.165, 1.54) is 0 Å². The van der Waals surface area contributed by atoms with Gasteiger partial charge in [0.15, 0.2) is 4.96 Å². The summed E-state index contributed by atoms with van der Waals surface area (Å²) in [4.78, 5) is 5.51. The minimum Gasteiger partial charge on any atom is -0.487 e. The van der Waals surface area contributed by atoms with Crippen LogP contribution in [0, 0.1) is 13.8 Å². The predicted molar refractivity (Wildman–Crippen MR) is 73.3 cm³/mol. The maximum Gasteiger partial charge on any atom is 0.193 e. The Morgan fingerprint density at radius 3 is 2.78 bits per heavy atom. The molecule has 0 radical (unpaired) electrons. The van der Waals surface area contributed by atoms with Gasteiger partial charge in [-0.3, -0.25) is 4.40 Å². The van der Waals surface area contributed by atoms with Crippen LogP contribution in [0.25, 0.3) is 4.96 Å². The van der Waals surface area contributed by atoms with Gasteiger partial charge in [-0.05, 0) is 25.0 Å². The second-order valence-electron chi connectivity index (χ2n) is 4.33. The molecule has 3 aromatic rings. The molecule has 3 rings (SSSR count). The number of nitrogens with zero attached hydrogens (tertiary/aromatic N) is 2. The second kappa shape index (κ2) is 4.46. The molecule has 18 heavy (non-hydrogen) atoms. The molecule has 0 aliphatic carbocycles. The third-order valence-corrected chi connectivity index (χ3v) is 3.69. The second-order valence-corrected chi connectivity index (χ2v) is 5.21. The molecule has 0 aliphatic rings. The first-order valence-electron chi connectivity index (χ1n) is 5.84. The average molecular weight is 258 g/mol. The summed E-state index contributed by atoms with van der Waals surface area (Å²) in [5.41, 5.74) is 3.29. The number of hydrogen-bond donors (Lipinski definition) is 0. The molecule has 0 spiro atoms. The number of fused-ring (bicyclic) bond motifs is 1. The van der Waals surface area contributed by atoms with Crippen LogP contribution in [-0.2, 0) is 6.61 Å². The lowest BCUT2D eigenvalue weighted by atomic mass is 10.1. The normalized spacial score (nSPS) is 11.0. The van der Waals surface area contributed by atoms with Gasteiger partial charge in [0.05, 0.1) is 5.69 Å². The standard InChI is InChI=1S/C14H14N2OS/c1-10-4-3-5-11(2)13(10)17-9-12-8-16-6-7-18-14(16)15-12/h3-8H,9H2,1-2H3. The van der Waals surface area contributed by atoms with Crippen molar-refractivity contribution < 1.29 is 4.74 Å². The van der Waals surface area contributed by atoms with E-state index in [9.17, 15) is 0 Å². The predicted octanol–water partition coefficient (Wildman–Crippen LogP) is 3.59. The number of benzene rings is 1. The van der Waals surface area contributed by atoms with E-state index in [0.717, 1.165) is 27.5 Å². The third-order valence-electron chi connectivity index (χ3n) is 2.92. The summed E-state index contributed by atoms with van der Waals surface area (Å²) < 4.78 is 7.90. The lowest BCUT2D eigenvalue weighted by Gasteiger charge is -2.10. The molecule has 0 atom stereocenters. The topological polar surface area (TPSA) is 26.5 Å². The van der Waals surface area contributed by atoms with Crippen molar-refractivity contribution in [3.8, 4) is 5.75 Å². The van der Waals surface area contributed by atoms with Gasteiger partial charge in [0.1, 0.15) is 12.4 Å². The largest absolute Gasteiger partial charge is 0.487 e. The van der Waals surface area contributed by atoms with Gasteiger partial charge in [0, 0.05) is 17.8 Å². The van der Waals surface area contributed by atoms with Crippen molar-refractivity contribution in [3.63, 3.8) is 0 Å². The Morgan fingerprint density at radius 1 is 1.28 bits per heavy atom. The number of aromatic nitrogens is 2. The molecule has 0 saturated carbocycles. The average Bonchev–Trinajstić information content (AvgIpc) is 2.88. The molecule has 4 heteroatoms. The van der Waals surface area contributed by atoms with Gasteiger partial charge in [0.2, 0.25) is 0 Å². The van der Waals surface area contributed by atoms with Crippen LogP contribution < -0.4 is 4.74 Å². The Bertz CT molecular complexity index is 635. The molecular weight excluding hydrogens is 244 g/mol. The third kappa shape index (κ3) is 1.99.